The number of hydrogen-bond donors (Lipinski definition) is 0. The van der Waals surface area contributed by atoms with E-state index in [2.05, 4.69) is 0 Å². The van der Waals surface area contributed by atoms with Crippen molar-refractivity contribution >= 4 is 17.7 Å². The van der Waals surface area contributed by atoms with Gasteiger partial charge in [-0.1, -0.05) is 30.3 Å². The number of hydrogen-bond acceptors (Lipinski definition) is 4. The Morgan fingerprint density at radius 1 is 1.05 bits per heavy atom. The molecule has 0 saturated carbocycles. The summed E-state index contributed by atoms with van der Waals surface area (Å²) in [5.41, 5.74) is 0.466. The average Bonchev–Trinajstić information content (AvgIpc) is 2.56. The minimum absolute atomic E-state index is 0.165. The molecule has 2 rings (SSSR count). The number of esters is 1. The molecule has 116 valence electrons. The fourth-order valence-corrected chi connectivity index (χ4v) is 2.29. The van der Waals surface area contributed by atoms with E-state index in [1.165, 1.54) is 6.08 Å². The highest BCUT2D eigenvalue weighted by Gasteiger charge is 2.15. The Morgan fingerprint density at radius 3 is 2.41 bits per heavy atom. The number of rotatable bonds is 5. The van der Waals surface area contributed by atoms with Gasteiger partial charge in [-0.15, -0.1) is 0 Å². The fraction of sp³-hybridized carbons (Fsp3) is 0.353. The van der Waals surface area contributed by atoms with Gasteiger partial charge in [-0.05, 0) is 19.3 Å². The highest BCUT2D eigenvalue weighted by atomic mass is 16.5. The Labute approximate surface area is 129 Å². The van der Waals surface area contributed by atoms with Gasteiger partial charge in [0.15, 0.2) is 5.78 Å². The molecule has 1 saturated heterocycles. The summed E-state index contributed by atoms with van der Waals surface area (Å²) in [5, 5.41) is 0. The number of carbonyl (C=O) groups excluding carboxylic acids is 3. The van der Waals surface area contributed by atoms with Crippen LogP contribution in [0.15, 0.2) is 42.7 Å². The van der Waals surface area contributed by atoms with Gasteiger partial charge in [0, 0.05) is 24.7 Å². The first-order chi connectivity index (χ1) is 10.7. The average molecular weight is 301 g/mol. The lowest BCUT2D eigenvalue weighted by atomic mass is 10.1. The second kappa shape index (κ2) is 8.12. The first-order valence-electron chi connectivity index (χ1n) is 7.40. The van der Waals surface area contributed by atoms with E-state index >= 15 is 0 Å². The lowest BCUT2D eigenvalue weighted by molar-refractivity contribution is -0.137. The van der Waals surface area contributed by atoms with E-state index in [0.29, 0.717) is 5.56 Å². The van der Waals surface area contributed by atoms with Crippen LogP contribution in [-0.2, 0) is 14.3 Å². The van der Waals surface area contributed by atoms with Gasteiger partial charge in [-0.25, -0.2) is 0 Å². The molecule has 1 aliphatic rings. The molecule has 1 aromatic carbocycles. The molecule has 0 aliphatic carbocycles. The smallest absolute Gasteiger partial charge is 0.318 e. The Bertz CT molecular complexity index is 559. The van der Waals surface area contributed by atoms with Crippen molar-refractivity contribution < 1.29 is 19.1 Å². The summed E-state index contributed by atoms with van der Waals surface area (Å²) in [4.78, 5) is 36.9. The van der Waals surface area contributed by atoms with Crippen LogP contribution in [0.3, 0.4) is 0 Å². The topological polar surface area (TPSA) is 63.7 Å². The van der Waals surface area contributed by atoms with Crippen LogP contribution in [0.5, 0.6) is 0 Å². The number of amides is 1. The summed E-state index contributed by atoms with van der Waals surface area (Å²) in [7, 11) is 0. The number of ketones is 1. The quantitative estimate of drug-likeness (QED) is 0.275. The monoisotopic (exact) mass is 301 g/mol. The molecule has 1 amide bonds. The predicted molar refractivity (Wildman–Crippen MR) is 81.1 cm³/mol. The van der Waals surface area contributed by atoms with Crippen molar-refractivity contribution in [1.82, 2.24) is 4.90 Å². The van der Waals surface area contributed by atoms with E-state index in [1.807, 2.05) is 0 Å². The SMILES string of the molecule is O=C(CC(=O)c1ccccc1)O/C=C/C(=O)N1CCCCC1. The van der Waals surface area contributed by atoms with Crippen molar-refractivity contribution in [3.8, 4) is 0 Å². The van der Waals surface area contributed by atoms with Crippen LogP contribution in [0.1, 0.15) is 36.0 Å². The van der Waals surface area contributed by atoms with Crippen molar-refractivity contribution in [2.24, 2.45) is 0 Å². The van der Waals surface area contributed by atoms with Gasteiger partial charge in [0.1, 0.15) is 6.42 Å². The molecule has 0 aromatic heterocycles. The van der Waals surface area contributed by atoms with Gasteiger partial charge in [0.05, 0.1) is 6.26 Å². The Hall–Kier alpha value is -2.43. The number of piperidine rings is 1. The zero-order valence-corrected chi connectivity index (χ0v) is 12.4. The molecule has 1 heterocycles. The summed E-state index contributed by atoms with van der Waals surface area (Å²) < 4.78 is 4.81. The minimum atomic E-state index is -0.670. The van der Waals surface area contributed by atoms with E-state index in [0.717, 1.165) is 38.6 Å². The van der Waals surface area contributed by atoms with Gasteiger partial charge >= 0.3 is 5.97 Å². The van der Waals surface area contributed by atoms with Crippen LogP contribution in [0.25, 0.3) is 0 Å². The third-order valence-electron chi connectivity index (χ3n) is 3.48. The third kappa shape index (κ3) is 4.84. The molecule has 0 radical (unpaired) electrons. The Balaban J connectivity index is 1.76. The standard InChI is InChI=1S/C17H19NO4/c19-15(14-7-3-1-4-8-14)13-17(21)22-12-9-16(20)18-10-5-2-6-11-18/h1,3-4,7-9,12H,2,5-6,10-11,13H2/b12-9+. The predicted octanol–water partition coefficient (Wildman–Crippen LogP) is 2.33. The van der Waals surface area contributed by atoms with E-state index in [4.69, 9.17) is 4.74 Å². The molecule has 1 aromatic rings. The molecule has 0 bridgehead atoms. The summed E-state index contributed by atoms with van der Waals surface area (Å²) in [5.74, 6) is -1.14. The second-order valence-corrected chi connectivity index (χ2v) is 5.14. The molecule has 1 aliphatic heterocycles. The number of carbonyl (C=O) groups is 3. The van der Waals surface area contributed by atoms with Crippen LogP contribution in [0.4, 0.5) is 0 Å². The molecular formula is C17H19NO4. The fourth-order valence-electron chi connectivity index (χ4n) is 2.29. The van der Waals surface area contributed by atoms with E-state index in [1.54, 1.807) is 35.2 Å². The Kier molecular flexibility index (Phi) is 5.89. The molecule has 0 atom stereocenters. The molecule has 0 unspecified atom stereocenters. The van der Waals surface area contributed by atoms with E-state index in [-0.39, 0.29) is 18.1 Å². The lowest BCUT2D eigenvalue weighted by Gasteiger charge is -2.25. The number of nitrogens with zero attached hydrogens (tertiary/aromatic N) is 1. The van der Waals surface area contributed by atoms with Crippen LogP contribution in [0.2, 0.25) is 0 Å². The summed E-state index contributed by atoms with van der Waals surface area (Å²) in [6.45, 7) is 1.48. The highest BCUT2D eigenvalue weighted by molar-refractivity contribution is 6.06. The van der Waals surface area contributed by atoms with Crippen LogP contribution in [-0.4, -0.2) is 35.6 Å². The van der Waals surface area contributed by atoms with Gasteiger partial charge < -0.3 is 9.64 Å². The molecule has 1 fully saturated rings. The maximum atomic E-state index is 11.8. The first kappa shape index (κ1) is 15.9. The maximum Gasteiger partial charge on any atom is 0.318 e. The summed E-state index contributed by atoms with van der Waals surface area (Å²) >= 11 is 0. The zero-order valence-electron chi connectivity index (χ0n) is 12.4. The molecule has 22 heavy (non-hydrogen) atoms. The normalized spacial score (nSPS) is 14.8. The van der Waals surface area contributed by atoms with Crippen LogP contribution < -0.4 is 0 Å². The summed E-state index contributed by atoms with van der Waals surface area (Å²) in [6, 6.07) is 8.55. The van der Waals surface area contributed by atoms with Crippen molar-refractivity contribution in [1.29, 1.82) is 0 Å². The van der Waals surface area contributed by atoms with Gasteiger partial charge in [0.2, 0.25) is 5.91 Å². The number of likely N-dealkylation sites (tertiary alicyclic amines) is 1. The molecule has 0 spiro atoms. The van der Waals surface area contributed by atoms with Crippen molar-refractivity contribution in [3.05, 3.63) is 48.2 Å². The summed E-state index contributed by atoms with van der Waals surface area (Å²) in [6.07, 6.45) is 5.11. The third-order valence-corrected chi connectivity index (χ3v) is 3.48. The van der Waals surface area contributed by atoms with Crippen molar-refractivity contribution in [2.45, 2.75) is 25.7 Å². The second-order valence-electron chi connectivity index (χ2n) is 5.14. The zero-order chi connectivity index (χ0) is 15.8. The number of Topliss-reactive ketones (excluding diaryl/α,β-unsaturated/α-hetero) is 1. The highest BCUT2D eigenvalue weighted by Crippen LogP contribution is 2.09. The molecular weight excluding hydrogens is 282 g/mol. The van der Waals surface area contributed by atoms with Gasteiger partial charge in [0.25, 0.3) is 0 Å². The first-order valence-corrected chi connectivity index (χ1v) is 7.40. The molecule has 5 nitrogen and oxygen atoms in total. The van der Waals surface area contributed by atoms with Crippen molar-refractivity contribution in [3.63, 3.8) is 0 Å². The number of benzene rings is 1. The minimum Gasteiger partial charge on any atom is -0.434 e. The van der Waals surface area contributed by atoms with Gasteiger partial charge in [-0.2, -0.15) is 0 Å². The van der Waals surface area contributed by atoms with Gasteiger partial charge in [-0.3, -0.25) is 14.4 Å². The van der Waals surface area contributed by atoms with Crippen LogP contribution in [0, 0.1) is 0 Å². The number of ether oxygens (including phenoxy) is 1. The maximum absolute atomic E-state index is 11.8. The van der Waals surface area contributed by atoms with E-state index in [9.17, 15) is 14.4 Å². The lowest BCUT2D eigenvalue weighted by Crippen LogP contribution is -2.34. The Morgan fingerprint density at radius 2 is 1.73 bits per heavy atom. The largest absolute Gasteiger partial charge is 0.434 e. The van der Waals surface area contributed by atoms with Crippen molar-refractivity contribution in [2.75, 3.05) is 13.1 Å². The molecule has 0 N–H and O–H groups in total. The van der Waals surface area contributed by atoms with E-state index < -0.39 is 5.97 Å². The molecule has 5 heteroatoms. The van der Waals surface area contributed by atoms with Crippen LogP contribution >= 0.6 is 0 Å².